The number of likely N-dealkylation sites (tertiary alicyclic amines) is 1. The molecule has 1 aliphatic heterocycles. The van der Waals surface area contributed by atoms with E-state index in [1.165, 1.54) is 0 Å². The monoisotopic (exact) mass is 325 g/mol. The van der Waals surface area contributed by atoms with Crippen LogP contribution in [0.25, 0.3) is 11.1 Å². The van der Waals surface area contributed by atoms with E-state index in [-0.39, 0.29) is 11.9 Å². The van der Waals surface area contributed by atoms with Crippen molar-refractivity contribution >= 4 is 17.1 Å². The average molecular weight is 325 g/mol. The van der Waals surface area contributed by atoms with Gasteiger partial charge in [0.1, 0.15) is 11.3 Å². The smallest absolute Gasteiger partial charge is 0.317 e. The first-order valence-electron chi connectivity index (χ1n) is 8.20. The Morgan fingerprint density at radius 1 is 1.21 bits per heavy atom. The van der Waals surface area contributed by atoms with E-state index in [9.17, 15) is 4.79 Å². The molecule has 6 heteroatoms. The van der Waals surface area contributed by atoms with Gasteiger partial charge in [-0.25, -0.2) is 9.78 Å². The Morgan fingerprint density at radius 2 is 2.04 bits per heavy atom. The number of hydrogen-bond donors (Lipinski definition) is 1. The summed E-state index contributed by atoms with van der Waals surface area (Å²) in [5.74, 6) is 1.81. The van der Waals surface area contributed by atoms with Crippen molar-refractivity contribution in [1.29, 1.82) is 0 Å². The predicted molar refractivity (Wildman–Crippen MR) is 88.5 cm³/mol. The molecule has 3 aromatic rings. The molecule has 1 saturated heterocycles. The van der Waals surface area contributed by atoms with E-state index >= 15 is 0 Å². The van der Waals surface area contributed by atoms with E-state index in [0.717, 1.165) is 35.6 Å². The van der Waals surface area contributed by atoms with E-state index < -0.39 is 0 Å². The first-order valence-corrected chi connectivity index (χ1v) is 8.20. The summed E-state index contributed by atoms with van der Waals surface area (Å²) in [6, 6.07) is 11.4. The molecule has 0 saturated carbocycles. The number of fused-ring (bicyclic) bond motifs is 1. The first-order chi connectivity index (χ1) is 11.8. The fourth-order valence-corrected chi connectivity index (χ4v) is 3.08. The number of rotatable bonds is 3. The molecule has 2 amide bonds. The van der Waals surface area contributed by atoms with Gasteiger partial charge in [0.15, 0.2) is 11.5 Å². The highest BCUT2D eigenvalue weighted by Crippen LogP contribution is 2.29. The molecule has 0 radical (unpaired) electrons. The lowest BCUT2D eigenvalue weighted by Crippen LogP contribution is -2.43. The summed E-state index contributed by atoms with van der Waals surface area (Å²) in [6.07, 6.45) is 3.33. The van der Waals surface area contributed by atoms with Gasteiger partial charge < -0.3 is 19.1 Å². The van der Waals surface area contributed by atoms with Gasteiger partial charge in [-0.1, -0.05) is 12.1 Å². The Labute approximate surface area is 139 Å². The van der Waals surface area contributed by atoms with Gasteiger partial charge >= 0.3 is 6.03 Å². The number of furan rings is 1. The van der Waals surface area contributed by atoms with Crippen molar-refractivity contribution in [2.75, 3.05) is 13.1 Å². The van der Waals surface area contributed by atoms with E-state index in [2.05, 4.69) is 10.3 Å². The Bertz CT molecular complexity index is 784. The second kappa shape index (κ2) is 6.39. The fourth-order valence-electron chi connectivity index (χ4n) is 3.08. The van der Waals surface area contributed by atoms with Crippen LogP contribution in [0.5, 0.6) is 0 Å². The van der Waals surface area contributed by atoms with Crippen molar-refractivity contribution in [3.63, 3.8) is 0 Å². The molecule has 4 rings (SSSR count). The van der Waals surface area contributed by atoms with Gasteiger partial charge in [0, 0.05) is 19.0 Å². The molecular formula is C18H19N3O3. The van der Waals surface area contributed by atoms with Crippen LogP contribution < -0.4 is 5.32 Å². The van der Waals surface area contributed by atoms with Crippen LogP contribution in [-0.2, 0) is 6.54 Å². The van der Waals surface area contributed by atoms with Crippen molar-refractivity contribution in [3.05, 3.63) is 54.3 Å². The van der Waals surface area contributed by atoms with Crippen LogP contribution in [0.15, 0.2) is 51.5 Å². The minimum absolute atomic E-state index is 0.0533. The molecule has 24 heavy (non-hydrogen) atoms. The molecule has 6 nitrogen and oxygen atoms in total. The highest BCUT2D eigenvalue weighted by atomic mass is 16.3. The molecule has 1 aromatic carbocycles. The molecule has 3 heterocycles. The molecule has 1 fully saturated rings. The van der Waals surface area contributed by atoms with E-state index in [1.54, 1.807) is 6.26 Å². The summed E-state index contributed by atoms with van der Waals surface area (Å²) in [7, 11) is 0. The van der Waals surface area contributed by atoms with Crippen LogP contribution in [0.2, 0.25) is 0 Å². The summed E-state index contributed by atoms with van der Waals surface area (Å²) in [4.78, 5) is 18.6. The van der Waals surface area contributed by atoms with Gasteiger partial charge in [-0.3, -0.25) is 0 Å². The standard InChI is InChI=1S/C18H19N3O3/c22-18(19-12-14-4-3-11-23-14)21-9-7-13(8-10-21)17-20-15-5-1-2-6-16(15)24-17/h1-6,11,13H,7-10,12H2,(H,19,22). The third kappa shape index (κ3) is 2.99. The third-order valence-corrected chi connectivity index (χ3v) is 4.44. The zero-order valence-corrected chi connectivity index (χ0v) is 13.3. The number of aromatic nitrogens is 1. The van der Waals surface area contributed by atoms with Crippen LogP contribution in [0.4, 0.5) is 4.79 Å². The third-order valence-electron chi connectivity index (χ3n) is 4.44. The lowest BCUT2D eigenvalue weighted by Gasteiger charge is -2.30. The molecule has 0 unspecified atom stereocenters. The fraction of sp³-hybridized carbons (Fsp3) is 0.333. The average Bonchev–Trinajstić information content (AvgIpc) is 3.29. The Balaban J connectivity index is 1.33. The number of hydrogen-bond acceptors (Lipinski definition) is 4. The molecule has 0 bridgehead atoms. The maximum Gasteiger partial charge on any atom is 0.317 e. The number of piperidine rings is 1. The minimum Gasteiger partial charge on any atom is -0.467 e. The number of oxazole rings is 1. The van der Waals surface area contributed by atoms with Gasteiger partial charge in [-0.05, 0) is 37.1 Å². The van der Waals surface area contributed by atoms with Gasteiger partial charge in [0.2, 0.25) is 0 Å². The number of nitrogens with one attached hydrogen (secondary N) is 1. The number of nitrogens with zero attached hydrogens (tertiary/aromatic N) is 2. The van der Waals surface area contributed by atoms with E-state index in [1.807, 2.05) is 41.3 Å². The van der Waals surface area contributed by atoms with Crippen molar-refractivity contribution in [3.8, 4) is 0 Å². The number of benzene rings is 1. The van der Waals surface area contributed by atoms with Crippen LogP contribution >= 0.6 is 0 Å². The predicted octanol–water partition coefficient (Wildman–Crippen LogP) is 3.51. The van der Waals surface area contributed by atoms with Crippen molar-refractivity contribution < 1.29 is 13.6 Å². The number of urea groups is 1. The lowest BCUT2D eigenvalue weighted by molar-refractivity contribution is 0.176. The highest BCUT2D eigenvalue weighted by Gasteiger charge is 2.27. The highest BCUT2D eigenvalue weighted by molar-refractivity contribution is 5.74. The molecule has 0 spiro atoms. The number of carbonyl (C=O) groups excluding carboxylic acids is 1. The normalized spacial score (nSPS) is 15.8. The number of carbonyl (C=O) groups is 1. The summed E-state index contributed by atoms with van der Waals surface area (Å²) in [5.41, 5.74) is 1.72. The molecule has 1 N–H and O–H groups in total. The number of para-hydroxylation sites is 2. The van der Waals surface area contributed by atoms with Crippen molar-refractivity contribution in [1.82, 2.24) is 15.2 Å². The first kappa shape index (κ1) is 14.8. The molecule has 2 aromatic heterocycles. The summed E-state index contributed by atoms with van der Waals surface area (Å²) < 4.78 is 11.1. The van der Waals surface area contributed by atoms with Crippen molar-refractivity contribution in [2.45, 2.75) is 25.3 Å². The van der Waals surface area contributed by atoms with Gasteiger partial charge in [-0.15, -0.1) is 0 Å². The van der Waals surface area contributed by atoms with Crippen LogP contribution in [0.3, 0.4) is 0 Å². The topological polar surface area (TPSA) is 71.5 Å². The molecule has 124 valence electrons. The largest absolute Gasteiger partial charge is 0.467 e. The van der Waals surface area contributed by atoms with Crippen molar-refractivity contribution in [2.24, 2.45) is 0 Å². The number of amides is 2. The molecular weight excluding hydrogens is 306 g/mol. The molecule has 0 atom stereocenters. The summed E-state index contributed by atoms with van der Waals surface area (Å²) in [6.45, 7) is 1.82. The Kier molecular flexibility index (Phi) is 3.94. The maximum atomic E-state index is 12.2. The van der Waals surface area contributed by atoms with Gasteiger partial charge in [0.25, 0.3) is 0 Å². The SMILES string of the molecule is O=C(NCc1ccco1)N1CCC(c2nc3ccccc3o2)CC1. The zero-order valence-electron chi connectivity index (χ0n) is 13.3. The Morgan fingerprint density at radius 3 is 2.79 bits per heavy atom. The van der Waals surface area contributed by atoms with Crippen LogP contribution in [0.1, 0.15) is 30.4 Å². The van der Waals surface area contributed by atoms with Gasteiger partial charge in [-0.2, -0.15) is 0 Å². The van der Waals surface area contributed by atoms with Crippen LogP contribution in [-0.4, -0.2) is 29.0 Å². The minimum atomic E-state index is -0.0533. The second-order valence-electron chi connectivity index (χ2n) is 6.02. The van der Waals surface area contributed by atoms with E-state index in [0.29, 0.717) is 19.6 Å². The molecule has 1 aliphatic rings. The second-order valence-corrected chi connectivity index (χ2v) is 6.02. The maximum absolute atomic E-state index is 12.2. The van der Waals surface area contributed by atoms with E-state index in [4.69, 9.17) is 8.83 Å². The Hall–Kier alpha value is -2.76. The zero-order chi connectivity index (χ0) is 16.4. The summed E-state index contributed by atoms with van der Waals surface area (Å²) in [5, 5.41) is 2.89. The molecule has 0 aliphatic carbocycles. The van der Waals surface area contributed by atoms with Gasteiger partial charge in [0.05, 0.1) is 12.8 Å². The quantitative estimate of drug-likeness (QED) is 0.800. The van der Waals surface area contributed by atoms with Crippen LogP contribution in [0, 0.1) is 0 Å². The lowest BCUT2D eigenvalue weighted by atomic mass is 9.97. The summed E-state index contributed by atoms with van der Waals surface area (Å²) >= 11 is 0.